The molecule has 8 nitrogen and oxygen atoms in total. The van der Waals surface area contributed by atoms with Gasteiger partial charge in [-0.05, 0) is 48.9 Å². The molecule has 0 unspecified atom stereocenters. The molecule has 1 N–H and O–H groups in total. The number of para-hydroxylation sites is 1. The summed E-state index contributed by atoms with van der Waals surface area (Å²) >= 11 is 0. The molecular weight excluding hydrogens is 434 g/mol. The Balaban J connectivity index is 1.67. The van der Waals surface area contributed by atoms with E-state index in [0.717, 1.165) is 15.7 Å². The van der Waals surface area contributed by atoms with Crippen molar-refractivity contribution in [3.8, 4) is 0 Å². The summed E-state index contributed by atoms with van der Waals surface area (Å²) in [5, 5.41) is 3.07. The number of esters is 1. The van der Waals surface area contributed by atoms with Gasteiger partial charge < -0.3 is 10.1 Å². The van der Waals surface area contributed by atoms with E-state index in [4.69, 9.17) is 0 Å². The Bertz CT molecular complexity index is 1480. The van der Waals surface area contributed by atoms with Crippen LogP contribution in [0.5, 0.6) is 0 Å². The lowest BCUT2D eigenvalue weighted by Crippen LogP contribution is -2.42. The number of nitrogens with zero attached hydrogens (tertiary/aromatic N) is 2. The molecule has 0 radical (unpaired) electrons. The van der Waals surface area contributed by atoms with Crippen LogP contribution in [0.25, 0.3) is 10.9 Å². The third-order valence-corrected chi connectivity index (χ3v) is 5.48. The van der Waals surface area contributed by atoms with E-state index < -0.39 is 23.1 Å². The third-order valence-electron chi connectivity index (χ3n) is 5.48. The highest BCUT2D eigenvalue weighted by atomic mass is 16.5. The van der Waals surface area contributed by atoms with Crippen LogP contribution >= 0.6 is 0 Å². The van der Waals surface area contributed by atoms with Crippen LogP contribution in [0.2, 0.25) is 0 Å². The predicted octanol–water partition coefficient (Wildman–Crippen LogP) is 2.95. The number of nitrogens with one attached hydrogen (secondary N) is 1. The maximum Gasteiger partial charge on any atom is 0.337 e. The molecule has 0 atom stereocenters. The molecule has 0 bridgehead atoms. The molecule has 34 heavy (non-hydrogen) atoms. The molecule has 4 aromatic rings. The van der Waals surface area contributed by atoms with Crippen molar-refractivity contribution < 1.29 is 14.3 Å². The number of hydrogen-bond acceptors (Lipinski definition) is 5. The molecule has 3 aromatic carbocycles. The van der Waals surface area contributed by atoms with E-state index in [0.29, 0.717) is 22.2 Å². The van der Waals surface area contributed by atoms with E-state index >= 15 is 0 Å². The van der Waals surface area contributed by atoms with Crippen LogP contribution in [-0.4, -0.2) is 28.1 Å². The number of rotatable bonds is 6. The first kappa shape index (κ1) is 22.7. The number of benzene rings is 3. The van der Waals surface area contributed by atoms with Crippen LogP contribution in [0.1, 0.15) is 21.5 Å². The Morgan fingerprint density at radius 3 is 2.24 bits per heavy atom. The summed E-state index contributed by atoms with van der Waals surface area (Å²) in [5.74, 6) is -0.926. The highest BCUT2D eigenvalue weighted by Crippen LogP contribution is 2.12. The van der Waals surface area contributed by atoms with Gasteiger partial charge in [0.2, 0.25) is 5.91 Å². The van der Waals surface area contributed by atoms with Gasteiger partial charge in [0.1, 0.15) is 6.54 Å². The first-order valence-electron chi connectivity index (χ1n) is 10.6. The second kappa shape index (κ2) is 9.58. The van der Waals surface area contributed by atoms with Crippen molar-refractivity contribution in [3.63, 3.8) is 0 Å². The Morgan fingerprint density at radius 1 is 0.882 bits per heavy atom. The molecule has 0 fully saturated rings. The fourth-order valence-corrected chi connectivity index (χ4v) is 3.69. The molecule has 4 rings (SSSR count). The summed E-state index contributed by atoms with van der Waals surface area (Å²) in [4.78, 5) is 50.8. The highest BCUT2D eigenvalue weighted by Gasteiger charge is 2.16. The zero-order valence-electron chi connectivity index (χ0n) is 18.8. The SMILES string of the molecule is COC(=O)c1ccc(NC(=O)Cn2c(=O)n(Cc3ccc(C)cc3)c(=O)c3ccccc32)cc1. The van der Waals surface area contributed by atoms with Gasteiger partial charge in [-0.25, -0.2) is 9.59 Å². The van der Waals surface area contributed by atoms with Gasteiger partial charge in [-0.1, -0.05) is 42.0 Å². The summed E-state index contributed by atoms with van der Waals surface area (Å²) in [6.45, 7) is 1.77. The van der Waals surface area contributed by atoms with Gasteiger partial charge in [0.15, 0.2) is 0 Å². The zero-order valence-corrected chi connectivity index (χ0v) is 18.8. The normalized spacial score (nSPS) is 10.8. The summed E-state index contributed by atoms with van der Waals surface area (Å²) < 4.78 is 7.11. The number of methoxy groups -OCH3 is 1. The van der Waals surface area contributed by atoms with Crippen LogP contribution in [0.15, 0.2) is 82.4 Å². The predicted molar refractivity (Wildman–Crippen MR) is 129 cm³/mol. The average Bonchev–Trinajstić information content (AvgIpc) is 2.85. The van der Waals surface area contributed by atoms with Crippen LogP contribution < -0.4 is 16.6 Å². The Hall–Kier alpha value is -4.46. The standard InChI is InChI=1S/C26H23N3O5/c1-17-7-9-18(10-8-17)15-29-24(31)21-5-3-4-6-22(21)28(26(29)33)16-23(30)27-20-13-11-19(12-14-20)25(32)34-2/h3-14H,15-16H2,1-2H3,(H,27,30). The molecule has 1 heterocycles. The number of aromatic nitrogens is 2. The topological polar surface area (TPSA) is 99.4 Å². The first-order chi connectivity index (χ1) is 16.4. The van der Waals surface area contributed by atoms with Crippen molar-refractivity contribution in [1.29, 1.82) is 0 Å². The lowest BCUT2D eigenvalue weighted by molar-refractivity contribution is -0.116. The van der Waals surface area contributed by atoms with Crippen molar-refractivity contribution in [2.24, 2.45) is 0 Å². The first-order valence-corrected chi connectivity index (χ1v) is 10.6. The molecule has 8 heteroatoms. The molecule has 1 amide bonds. The van der Waals surface area contributed by atoms with Crippen LogP contribution in [0.4, 0.5) is 5.69 Å². The second-order valence-electron chi connectivity index (χ2n) is 7.88. The fraction of sp³-hybridized carbons (Fsp3) is 0.154. The Morgan fingerprint density at radius 2 is 1.56 bits per heavy atom. The van der Waals surface area contributed by atoms with Gasteiger partial charge in [0.05, 0.1) is 30.1 Å². The maximum atomic E-state index is 13.3. The third kappa shape index (κ3) is 4.66. The van der Waals surface area contributed by atoms with Crippen molar-refractivity contribution >= 4 is 28.5 Å². The van der Waals surface area contributed by atoms with E-state index in [-0.39, 0.29) is 13.1 Å². The van der Waals surface area contributed by atoms with Crippen molar-refractivity contribution in [2.75, 3.05) is 12.4 Å². The molecule has 0 spiro atoms. The van der Waals surface area contributed by atoms with Crippen molar-refractivity contribution in [3.05, 3.63) is 110 Å². The number of anilines is 1. The number of hydrogen-bond donors (Lipinski definition) is 1. The van der Waals surface area contributed by atoms with Crippen LogP contribution in [0, 0.1) is 6.92 Å². The minimum Gasteiger partial charge on any atom is -0.465 e. The molecule has 0 aliphatic heterocycles. The van der Waals surface area contributed by atoms with Gasteiger partial charge in [0, 0.05) is 5.69 Å². The zero-order chi connectivity index (χ0) is 24.2. The monoisotopic (exact) mass is 457 g/mol. The molecule has 0 saturated heterocycles. The Labute approximate surface area is 195 Å². The minimum absolute atomic E-state index is 0.0966. The largest absolute Gasteiger partial charge is 0.465 e. The summed E-state index contributed by atoms with van der Waals surface area (Å²) in [5.41, 5.74) is 2.10. The van der Waals surface area contributed by atoms with E-state index in [9.17, 15) is 19.2 Å². The maximum absolute atomic E-state index is 13.3. The van der Waals surface area contributed by atoms with E-state index in [2.05, 4.69) is 10.1 Å². The number of ether oxygens (including phenoxy) is 1. The van der Waals surface area contributed by atoms with Crippen LogP contribution in [0.3, 0.4) is 0 Å². The molecule has 0 aliphatic rings. The molecule has 172 valence electrons. The molecule has 0 saturated carbocycles. The van der Waals surface area contributed by atoms with Gasteiger partial charge >= 0.3 is 11.7 Å². The highest BCUT2D eigenvalue weighted by molar-refractivity contribution is 5.93. The van der Waals surface area contributed by atoms with Gasteiger partial charge in [-0.15, -0.1) is 0 Å². The number of aryl methyl sites for hydroxylation is 1. The summed E-state index contributed by atoms with van der Waals surface area (Å²) in [6, 6.07) is 20.5. The van der Waals surface area contributed by atoms with Crippen LogP contribution in [-0.2, 0) is 22.6 Å². The summed E-state index contributed by atoms with van der Waals surface area (Å²) in [6.07, 6.45) is 0. The van der Waals surface area contributed by atoms with E-state index in [1.54, 1.807) is 36.4 Å². The van der Waals surface area contributed by atoms with E-state index in [1.165, 1.54) is 23.8 Å². The number of carbonyl (C=O) groups excluding carboxylic acids is 2. The van der Waals surface area contributed by atoms with Crippen molar-refractivity contribution in [2.45, 2.75) is 20.0 Å². The minimum atomic E-state index is -0.569. The molecule has 1 aromatic heterocycles. The van der Waals surface area contributed by atoms with E-state index in [1.807, 2.05) is 31.2 Å². The molecule has 0 aliphatic carbocycles. The number of carbonyl (C=O) groups is 2. The molecular formula is C26H23N3O5. The number of fused-ring (bicyclic) bond motifs is 1. The average molecular weight is 457 g/mol. The van der Waals surface area contributed by atoms with Gasteiger partial charge in [-0.2, -0.15) is 0 Å². The number of amides is 1. The fourth-order valence-electron chi connectivity index (χ4n) is 3.69. The second-order valence-corrected chi connectivity index (χ2v) is 7.88. The lowest BCUT2D eigenvalue weighted by atomic mass is 10.1. The smallest absolute Gasteiger partial charge is 0.337 e. The van der Waals surface area contributed by atoms with Crippen molar-refractivity contribution in [1.82, 2.24) is 9.13 Å². The van der Waals surface area contributed by atoms with Gasteiger partial charge in [0.25, 0.3) is 5.56 Å². The van der Waals surface area contributed by atoms with Gasteiger partial charge in [-0.3, -0.25) is 18.7 Å². The summed E-state index contributed by atoms with van der Waals surface area (Å²) in [7, 11) is 1.29. The quantitative estimate of drug-likeness (QED) is 0.449. The lowest BCUT2D eigenvalue weighted by Gasteiger charge is -2.14. The Kier molecular flexibility index (Phi) is 6.40.